The minimum Gasteiger partial charge on any atom is -0.506 e. The van der Waals surface area contributed by atoms with Crippen LogP contribution in [0.2, 0.25) is 0 Å². The fraction of sp³-hybridized carbons (Fsp3) is 0.333. The molecule has 0 saturated heterocycles. The molecule has 4 N–H and O–H groups in total. The lowest BCUT2D eigenvalue weighted by Gasteiger charge is -2.08. The molecule has 1 aromatic carbocycles. The van der Waals surface area contributed by atoms with Gasteiger partial charge in [-0.1, -0.05) is 0 Å². The third-order valence-electron chi connectivity index (χ3n) is 2.65. The third kappa shape index (κ3) is 3.21. The van der Waals surface area contributed by atoms with E-state index in [1.807, 2.05) is 0 Å². The fourth-order valence-corrected chi connectivity index (χ4v) is 1.49. The van der Waals surface area contributed by atoms with E-state index in [0.29, 0.717) is 6.04 Å². The van der Waals surface area contributed by atoms with Crippen molar-refractivity contribution in [2.75, 3.05) is 11.9 Å². The zero-order valence-electron chi connectivity index (χ0n) is 9.64. The van der Waals surface area contributed by atoms with Crippen molar-refractivity contribution in [3.05, 3.63) is 23.8 Å². The van der Waals surface area contributed by atoms with E-state index in [1.165, 1.54) is 18.2 Å². The monoisotopic (exact) mass is 250 g/mol. The molecule has 0 heterocycles. The Balaban J connectivity index is 1.99. The molecule has 0 bridgehead atoms. The number of carboxylic acids is 1. The first-order valence-corrected chi connectivity index (χ1v) is 5.66. The van der Waals surface area contributed by atoms with Crippen LogP contribution < -0.4 is 10.6 Å². The summed E-state index contributed by atoms with van der Waals surface area (Å²) in [6.45, 7) is 0.154. The van der Waals surface area contributed by atoms with Gasteiger partial charge in [0.25, 0.3) is 0 Å². The van der Waals surface area contributed by atoms with Gasteiger partial charge in [-0.3, -0.25) is 4.79 Å². The van der Waals surface area contributed by atoms with Gasteiger partial charge in [0.1, 0.15) is 5.75 Å². The van der Waals surface area contributed by atoms with Crippen molar-refractivity contribution < 1.29 is 19.8 Å². The van der Waals surface area contributed by atoms with Crippen LogP contribution in [0, 0.1) is 0 Å². The van der Waals surface area contributed by atoms with E-state index in [4.69, 9.17) is 5.11 Å². The molecular formula is C12H14N2O4. The summed E-state index contributed by atoms with van der Waals surface area (Å²) in [6.07, 6.45) is 2.15. The van der Waals surface area contributed by atoms with Gasteiger partial charge in [-0.05, 0) is 31.0 Å². The first kappa shape index (κ1) is 12.4. The number of nitrogens with one attached hydrogen (secondary N) is 2. The topological polar surface area (TPSA) is 98.7 Å². The van der Waals surface area contributed by atoms with E-state index in [-0.39, 0.29) is 29.5 Å². The zero-order valence-corrected chi connectivity index (χ0v) is 9.64. The summed E-state index contributed by atoms with van der Waals surface area (Å²) in [4.78, 5) is 22.3. The number of anilines is 1. The van der Waals surface area contributed by atoms with Crippen molar-refractivity contribution in [3.8, 4) is 5.75 Å². The lowest BCUT2D eigenvalue weighted by Crippen LogP contribution is -2.29. The minimum absolute atomic E-state index is 0.0123. The highest BCUT2D eigenvalue weighted by atomic mass is 16.4. The number of phenolic OH excluding ortho intramolecular Hbond substituents is 1. The second kappa shape index (κ2) is 5.05. The zero-order chi connectivity index (χ0) is 13.1. The number of carbonyl (C=O) groups excluding carboxylic acids is 1. The quantitative estimate of drug-likeness (QED) is 0.579. The van der Waals surface area contributed by atoms with E-state index < -0.39 is 5.97 Å². The highest BCUT2D eigenvalue weighted by molar-refractivity contribution is 5.96. The lowest BCUT2D eigenvalue weighted by atomic mass is 10.2. The van der Waals surface area contributed by atoms with Crippen molar-refractivity contribution in [3.63, 3.8) is 0 Å². The Kier molecular flexibility index (Phi) is 3.47. The van der Waals surface area contributed by atoms with Gasteiger partial charge in [-0.2, -0.15) is 0 Å². The summed E-state index contributed by atoms with van der Waals surface area (Å²) in [6, 6.07) is 4.16. The highest BCUT2D eigenvalue weighted by Gasteiger charge is 2.21. The molecule has 1 aliphatic rings. The number of carbonyl (C=O) groups is 2. The predicted octanol–water partition coefficient (Wildman–Crippen LogP) is 0.781. The summed E-state index contributed by atoms with van der Waals surface area (Å²) in [5.41, 5.74) is 0.121. The van der Waals surface area contributed by atoms with E-state index in [0.717, 1.165) is 12.8 Å². The van der Waals surface area contributed by atoms with Crippen LogP contribution in [0.25, 0.3) is 0 Å². The normalized spacial score (nSPS) is 14.2. The van der Waals surface area contributed by atoms with Crippen LogP contribution in [-0.2, 0) is 4.79 Å². The maximum absolute atomic E-state index is 11.5. The second-order valence-electron chi connectivity index (χ2n) is 4.24. The molecule has 1 saturated carbocycles. The van der Waals surface area contributed by atoms with Crippen LogP contribution in [-0.4, -0.2) is 34.7 Å². The van der Waals surface area contributed by atoms with Crippen LogP contribution >= 0.6 is 0 Å². The predicted molar refractivity (Wildman–Crippen MR) is 64.7 cm³/mol. The number of benzene rings is 1. The number of carboxylic acid groups (broad SMARTS) is 1. The van der Waals surface area contributed by atoms with Crippen LogP contribution in [0.4, 0.5) is 5.69 Å². The Bertz CT molecular complexity index is 483. The molecule has 1 aromatic rings. The molecule has 0 radical (unpaired) electrons. The average Bonchev–Trinajstić information content (AvgIpc) is 3.13. The highest BCUT2D eigenvalue weighted by Crippen LogP contribution is 2.24. The molecular weight excluding hydrogens is 236 g/mol. The van der Waals surface area contributed by atoms with Crippen LogP contribution in [0.3, 0.4) is 0 Å². The molecule has 2 rings (SSSR count). The summed E-state index contributed by atoms with van der Waals surface area (Å²) in [5, 5.41) is 23.8. The van der Waals surface area contributed by atoms with E-state index in [2.05, 4.69) is 10.6 Å². The van der Waals surface area contributed by atoms with Gasteiger partial charge in [0.05, 0.1) is 17.8 Å². The summed E-state index contributed by atoms with van der Waals surface area (Å²) in [5.74, 6) is -1.57. The molecule has 96 valence electrons. The maximum atomic E-state index is 11.5. The molecule has 1 amide bonds. The van der Waals surface area contributed by atoms with Gasteiger partial charge in [0, 0.05) is 6.04 Å². The number of aromatic hydroxyl groups is 1. The summed E-state index contributed by atoms with van der Waals surface area (Å²) < 4.78 is 0. The third-order valence-corrected chi connectivity index (χ3v) is 2.65. The van der Waals surface area contributed by atoms with Gasteiger partial charge < -0.3 is 20.8 Å². The minimum atomic E-state index is -1.11. The van der Waals surface area contributed by atoms with Crippen LogP contribution in [0.1, 0.15) is 23.2 Å². The standard InChI is InChI=1S/C12H14N2O4/c15-10-4-1-7(12(17)18)5-9(10)14-11(16)6-13-8-2-3-8/h1,4-5,8,13,15H,2-3,6H2,(H,14,16)(H,17,18). The molecule has 0 aromatic heterocycles. The Morgan fingerprint density at radius 3 is 2.67 bits per heavy atom. The van der Waals surface area contributed by atoms with E-state index in [1.54, 1.807) is 0 Å². The van der Waals surface area contributed by atoms with E-state index >= 15 is 0 Å². The van der Waals surface area contributed by atoms with Crippen molar-refractivity contribution in [2.24, 2.45) is 0 Å². The molecule has 6 heteroatoms. The first-order chi connectivity index (χ1) is 8.56. The van der Waals surface area contributed by atoms with Gasteiger partial charge in [-0.25, -0.2) is 4.79 Å². The number of aromatic carboxylic acids is 1. The maximum Gasteiger partial charge on any atom is 0.335 e. The molecule has 0 aliphatic heterocycles. The van der Waals surface area contributed by atoms with Gasteiger partial charge >= 0.3 is 5.97 Å². The SMILES string of the molecule is O=C(CNC1CC1)Nc1cc(C(=O)O)ccc1O. The van der Waals surface area contributed by atoms with Gasteiger partial charge in [0.15, 0.2) is 0 Å². The Morgan fingerprint density at radius 2 is 2.06 bits per heavy atom. The molecule has 0 atom stereocenters. The number of hydrogen-bond acceptors (Lipinski definition) is 4. The van der Waals surface area contributed by atoms with Crippen molar-refractivity contribution in [1.82, 2.24) is 5.32 Å². The van der Waals surface area contributed by atoms with E-state index in [9.17, 15) is 14.7 Å². The van der Waals surface area contributed by atoms with Crippen molar-refractivity contribution in [1.29, 1.82) is 0 Å². The lowest BCUT2D eigenvalue weighted by molar-refractivity contribution is -0.115. The Labute approximate surface area is 104 Å². The van der Waals surface area contributed by atoms with Crippen LogP contribution in [0.15, 0.2) is 18.2 Å². The number of rotatable bonds is 5. The molecule has 1 aliphatic carbocycles. The summed E-state index contributed by atoms with van der Waals surface area (Å²) >= 11 is 0. The molecule has 0 spiro atoms. The Hall–Kier alpha value is -2.08. The number of hydrogen-bond donors (Lipinski definition) is 4. The van der Waals surface area contributed by atoms with Gasteiger partial charge in [-0.15, -0.1) is 0 Å². The summed E-state index contributed by atoms with van der Waals surface area (Å²) in [7, 11) is 0. The molecule has 0 unspecified atom stereocenters. The fourth-order valence-electron chi connectivity index (χ4n) is 1.49. The van der Waals surface area contributed by atoms with Crippen LogP contribution in [0.5, 0.6) is 5.75 Å². The Morgan fingerprint density at radius 1 is 1.33 bits per heavy atom. The molecule has 6 nitrogen and oxygen atoms in total. The molecule has 1 fully saturated rings. The largest absolute Gasteiger partial charge is 0.506 e. The second-order valence-corrected chi connectivity index (χ2v) is 4.24. The van der Waals surface area contributed by atoms with Gasteiger partial charge in [0.2, 0.25) is 5.91 Å². The smallest absolute Gasteiger partial charge is 0.335 e. The number of phenols is 1. The molecule has 18 heavy (non-hydrogen) atoms. The first-order valence-electron chi connectivity index (χ1n) is 5.66. The number of amides is 1. The average molecular weight is 250 g/mol. The van der Waals surface area contributed by atoms with Crippen molar-refractivity contribution >= 4 is 17.6 Å². The van der Waals surface area contributed by atoms with Crippen molar-refractivity contribution in [2.45, 2.75) is 18.9 Å².